The Morgan fingerprint density at radius 2 is 1.66 bits per heavy atom. The smallest absolute Gasteiger partial charge is 0.254 e. The van der Waals surface area contributed by atoms with Gasteiger partial charge in [-0.2, -0.15) is 0 Å². The Balaban J connectivity index is 1.49. The molecule has 3 aliphatic heterocycles. The molecule has 13 nitrogen and oxygen atoms in total. The topological polar surface area (TPSA) is 192 Å². The monoisotopic (exact) mass is 596 g/mol. The van der Waals surface area contributed by atoms with Crippen molar-refractivity contribution in [3.05, 3.63) is 64.5 Å². The highest BCUT2D eigenvalue weighted by Gasteiger charge is 2.63. The van der Waals surface area contributed by atoms with Crippen LogP contribution in [0.1, 0.15) is 27.0 Å². The van der Waals surface area contributed by atoms with E-state index >= 15 is 4.39 Å². The first-order valence-electron chi connectivity index (χ1n) is 13.1. The fourth-order valence-corrected chi connectivity index (χ4v) is 5.56. The van der Waals surface area contributed by atoms with Crippen molar-refractivity contribution in [3.8, 4) is 0 Å². The second-order valence-corrected chi connectivity index (χ2v) is 10.9. The van der Waals surface area contributed by atoms with Crippen molar-refractivity contribution < 1.29 is 49.0 Å². The minimum absolute atomic E-state index is 0.151. The van der Waals surface area contributed by atoms with E-state index in [2.05, 4.69) is 5.32 Å². The number of piperidine rings is 1. The van der Waals surface area contributed by atoms with Crippen molar-refractivity contribution >= 4 is 62.6 Å². The van der Waals surface area contributed by atoms with Crippen LogP contribution in [-0.2, 0) is 31.2 Å². The predicted molar refractivity (Wildman–Crippen MR) is 152 cm³/mol. The van der Waals surface area contributed by atoms with E-state index in [9.17, 15) is 39.9 Å². The van der Waals surface area contributed by atoms with Gasteiger partial charge < -0.3 is 40.5 Å². The summed E-state index contributed by atoms with van der Waals surface area (Å²) in [6, 6.07) is 4.33. The van der Waals surface area contributed by atoms with Crippen molar-refractivity contribution in [2.45, 2.75) is 33.9 Å². The fraction of sp³-hybridized carbons (Fsp3) is 0.400. The summed E-state index contributed by atoms with van der Waals surface area (Å²) in [5.74, 6) is -7.76. The third kappa shape index (κ3) is 4.78. The van der Waals surface area contributed by atoms with Gasteiger partial charge in [0.1, 0.15) is 38.7 Å². The van der Waals surface area contributed by atoms with Gasteiger partial charge in [-0.05, 0) is 29.1 Å². The van der Waals surface area contributed by atoms with Crippen molar-refractivity contribution in [3.63, 3.8) is 0 Å². The van der Waals surface area contributed by atoms with Crippen LogP contribution < -0.4 is 10.6 Å². The van der Waals surface area contributed by atoms with E-state index in [1.807, 2.05) is 0 Å². The maximum atomic E-state index is 15.4. The molecule has 2 saturated heterocycles. The Kier molecular flexibility index (Phi) is 7.65. The number of benzene rings is 2. The standard InChI is InChI=1S/C25H22B5FN4O9/c26-21(39)17(18(36)32-20(38)22(21,27)40)35-19(37)12-2-1-3-15(16(12)23(35,28)29)33-24(30,41)13-5-4-11(10-14(13)31)25(42,43)34-6-8-44-9-7-34/h1-5,10,17,33,39-43H,6-9H2,(H,32,36,38). The molecule has 0 saturated carbocycles. The molecule has 4 atom stereocenters. The van der Waals surface area contributed by atoms with E-state index in [1.54, 1.807) is 5.32 Å². The average molecular weight is 596 g/mol. The summed E-state index contributed by atoms with van der Waals surface area (Å²) in [6.45, 7) is 0.751. The van der Waals surface area contributed by atoms with E-state index in [1.165, 1.54) is 23.1 Å². The molecule has 0 aromatic heterocycles. The Bertz CT molecular complexity index is 1550. The molecular formula is C25H22B5FN4O9. The molecule has 4 unspecified atom stereocenters. The highest BCUT2D eigenvalue weighted by Crippen LogP contribution is 2.45. The molecule has 0 spiro atoms. The van der Waals surface area contributed by atoms with Gasteiger partial charge in [-0.25, -0.2) is 9.29 Å². The van der Waals surface area contributed by atoms with Gasteiger partial charge in [0.15, 0.2) is 7.85 Å². The molecule has 218 valence electrons. The van der Waals surface area contributed by atoms with E-state index < -0.39 is 63.0 Å². The minimum Gasteiger partial charge on any atom is -0.395 e. The van der Waals surface area contributed by atoms with Gasteiger partial charge in [0.25, 0.3) is 23.6 Å². The second kappa shape index (κ2) is 10.4. The number of rotatable bonds is 6. The third-order valence-corrected chi connectivity index (χ3v) is 7.97. The minimum atomic E-state index is -3.29. The summed E-state index contributed by atoms with van der Waals surface area (Å²) in [5.41, 5.74) is -11.0. The molecule has 0 aliphatic carbocycles. The molecule has 0 bridgehead atoms. The number of anilines is 1. The second-order valence-electron chi connectivity index (χ2n) is 10.9. The maximum Gasteiger partial charge on any atom is 0.254 e. The third-order valence-electron chi connectivity index (χ3n) is 7.97. The Labute approximate surface area is 256 Å². The number of aliphatic hydroxyl groups is 5. The van der Waals surface area contributed by atoms with Crippen molar-refractivity contribution in [2.24, 2.45) is 0 Å². The lowest BCUT2D eigenvalue weighted by Gasteiger charge is -2.53. The molecule has 2 fully saturated rings. The first kappa shape index (κ1) is 32.2. The Morgan fingerprint density at radius 1 is 1.02 bits per heavy atom. The van der Waals surface area contributed by atoms with Crippen LogP contribution in [0, 0.1) is 5.82 Å². The number of carbonyl (C=O) groups excluding carboxylic acids is 3. The fourth-order valence-electron chi connectivity index (χ4n) is 5.56. The first-order valence-corrected chi connectivity index (χ1v) is 13.1. The highest BCUT2D eigenvalue weighted by atomic mass is 19.1. The van der Waals surface area contributed by atoms with E-state index in [0.717, 1.165) is 18.2 Å². The maximum absolute atomic E-state index is 15.4. The average Bonchev–Trinajstić information content (AvgIpc) is 3.13. The molecule has 7 N–H and O–H groups in total. The molecule has 10 radical (unpaired) electrons. The summed E-state index contributed by atoms with van der Waals surface area (Å²) < 4.78 is 20.6. The van der Waals surface area contributed by atoms with Crippen molar-refractivity contribution in [1.29, 1.82) is 0 Å². The lowest BCUT2D eigenvalue weighted by Crippen LogP contribution is -2.81. The number of ether oxygens (including phenoxy) is 1. The predicted octanol–water partition coefficient (Wildman–Crippen LogP) is -4.72. The molecular weight excluding hydrogens is 573 g/mol. The molecule has 44 heavy (non-hydrogen) atoms. The van der Waals surface area contributed by atoms with Crippen LogP contribution in [0.15, 0.2) is 36.4 Å². The van der Waals surface area contributed by atoms with Crippen LogP contribution in [0.2, 0.25) is 0 Å². The van der Waals surface area contributed by atoms with Crippen LogP contribution >= 0.6 is 0 Å². The normalized spacial score (nSPS) is 28.7. The summed E-state index contributed by atoms with van der Waals surface area (Å²) >= 11 is 0. The molecule has 3 amide bonds. The number of carbonyl (C=O) groups is 3. The number of fused-ring (bicyclic) bond motifs is 1. The van der Waals surface area contributed by atoms with Gasteiger partial charge in [0.05, 0.1) is 34.4 Å². The van der Waals surface area contributed by atoms with Crippen LogP contribution in [0.4, 0.5) is 10.1 Å². The van der Waals surface area contributed by atoms with E-state index in [-0.39, 0.29) is 48.7 Å². The lowest BCUT2D eigenvalue weighted by atomic mass is 9.51. The zero-order chi connectivity index (χ0) is 32.6. The summed E-state index contributed by atoms with van der Waals surface area (Å²) in [4.78, 5) is 40.0. The van der Waals surface area contributed by atoms with Crippen molar-refractivity contribution in [1.82, 2.24) is 15.1 Å². The molecule has 3 heterocycles. The van der Waals surface area contributed by atoms with E-state index in [0.29, 0.717) is 4.90 Å². The van der Waals surface area contributed by atoms with Gasteiger partial charge in [-0.3, -0.25) is 19.7 Å². The van der Waals surface area contributed by atoms with Crippen LogP contribution in [-0.4, -0.2) is 136 Å². The molecule has 3 aliphatic rings. The van der Waals surface area contributed by atoms with Crippen LogP contribution in [0.5, 0.6) is 0 Å². The molecule has 2 aromatic rings. The number of hydrogen-bond acceptors (Lipinski definition) is 11. The molecule has 19 heteroatoms. The highest BCUT2D eigenvalue weighted by molar-refractivity contribution is 6.44. The summed E-state index contributed by atoms with van der Waals surface area (Å²) in [7, 11) is 29.9. The molecule has 2 aromatic carbocycles. The van der Waals surface area contributed by atoms with Gasteiger partial charge >= 0.3 is 0 Å². The quantitative estimate of drug-likeness (QED) is 0.0965. The Hall–Kier alpha value is -3.18. The van der Waals surface area contributed by atoms with Crippen molar-refractivity contribution in [2.75, 3.05) is 31.6 Å². The number of hydrogen-bond donors (Lipinski definition) is 7. The summed E-state index contributed by atoms with van der Waals surface area (Å²) in [6.07, 6.45) is 0. The summed E-state index contributed by atoms with van der Waals surface area (Å²) in [5, 5.41) is 55.3. The number of amides is 3. The van der Waals surface area contributed by atoms with Crippen LogP contribution in [0.3, 0.4) is 0 Å². The lowest BCUT2D eigenvalue weighted by molar-refractivity contribution is -0.287. The van der Waals surface area contributed by atoms with E-state index in [4.69, 9.17) is 44.0 Å². The zero-order valence-corrected chi connectivity index (χ0v) is 22.9. The van der Waals surface area contributed by atoms with Gasteiger partial charge in [-0.1, -0.05) is 18.2 Å². The van der Waals surface area contributed by atoms with Gasteiger partial charge in [0.2, 0.25) is 0 Å². The molecule has 5 rings (SSSR count). The van der Waals surface area contributed by atoms with Crippen LogP contribution in [0.25, 0.3) is 0 Å². The SMILES string of the molecule is [B]C(O)(Nc1cccc2c1C([B])([B])N(C1C(=O)NC(=O)C([B])(O)C1([B])O)C2=O)c1ccc(C(O)(O)N2CCOCC2)cc1F. The number of halogens is 1. The largest absolute Gasteiger partial charge is 0.395 e. The number of nitrogens with one attached hydrogen (secondary N) is 2. The first-order chi connectivity index (χ1) is 20.3. The number of imide groups is 1. The zero-order valence-electron chi connectivity index (χ0n) is 22.9. The Morgan fingerprint density at radius 3 is 2.27 bits per heavy atom. The van der Waals surface area contributed by atoms with Gasteiger partial charge in [0, 0.05) is 35.5 Å². The number of nitrogens with zero attached hydrogens (tertiary/aromatic N) is 2. The number of morpholine rings is 1. The van der Waals surface area contributed by atoms with Gasteiger partial charge in [-0.15, -0.1) is 0 Å².